The first-order valence-corrected chi connectivity index (χ1v) is 11.9. The monoisotopic (exact) mass is 451 g/mol. The average molecular weight is 452 g/mol. The van der Waals surface area contributed by atoms with Gasteiger partial charge < -0.3 is 10.6 Å². The smallest absolute Gasteiger partial charge is 0.243 e. The molecule has 0 spiro atoms. The first-order chi connectivity index (χ1) is 15.3. The highest BCUT2D eigenvalue weighted by Crippen LogP contribution is 2.27. The molecular weight excluding hydrogens is 426 g/mol. The van der Waals surface area contributed by atoms with Crippen molar-refractivity contribution in [2.45, 2.75) is 24.7 Å². The lowest BCUT2D eigenvalue weighted by Crippen LogP contribution is -2.43. The van der Waals surface area contributed by atoms with Crippen molar-refractivity contribution in [2.24, 2.45) is 5.92 Å². The molecule has 4 rings (SSSR count). The number of nitrogens with zero attached hydrogens (tertiary/aromatic N) is 1. The van der Waals surface area contributed by atoms with Crippen molar-refractivity contribution in [1.29, 1.82) is 0 Å². The van der Waals surface area contributed by atoms with Crippen LogP contribution < -0.4 is 10.6 Å². The van der Waals surface area contributed by atoms with Gasteiger partial charge in [0.05, 0.1) is 10.8 Å². The quantitative estimate of drug-likeness (QED) is 0.616. The summed E-state index contributed by atoms with van der Waals surface area (Å²) in [5.41, 5.74) is 1.24. The predicted octanol–water partition coefficient (Wildman–Crippen LogP) is 3.84. The summed E-state index contributed by atoms with van der Waals surface area (Å²) in [6.07, 6.45) is 1.24. The number of fused-ring (bicyclic) bond motifs is 1. The molecule has 32 heavy (non-hydrogen) atoms. The number of amides is 2. The fourth-order valence-electron chi connectivity index (χ4n) is 3.94. The molecule has 0 radical (unpaired) electrons. The number of hydrogen-bond acceptors (Lipinski definition) is 4. The topological polar surface area (TPSA) is 95.6 Å². The van der Waals surface area contributed by atoms with Gasteiger partial charge in [0, 0.05) is 31.4 Å². The van der Waals surface area contributed by atoms with E-state index in [-0.39, 0.29) is 23.3 Å². The van der Waals surface area contributed by atoms with E-state index in [1.165, 1.54) is 11.2 Å². The van der Waals surface area contributed by atoms with E-state index in [1.54, 1.807) is 42.5 Å². The predicted molar refractivity (Wildman–Crippen MR) is 125 cm³/mol. The van der Waals surface area contributed by atoms with Crippen LogP contribution in [0.2, 0.25) is 0 Å². The van der Waals surface area contributed by atoms with Crippen molar-refractivity contribution in [3.05, 3.63) is 66.7 Å². The summed E-state index contributed by atoms with van der Waals surface area (Å²) in [7, 11) is -3.70. The number of benzene rings is 3. The highest BCUT2D eigenvalue weighted by Gasteiger charge is 2.33. The van der Waals surface area contributed by atoms with E-state index in [1.807, 2.05) is 24.3 Å². The number of carbonyl (C=O) groups is 2. The van der Waals surface area contributed by atoms with Crippen molar-refractivity contribution >= 4 is 44.0 Å². The van der Waals surface area contributed by atoms with Gasteiger partial charge in [-0.25, -0.2) is 8.42 Å². The van der Waals surface area contributed by atoms with Crippen molar-refractivity contribution in [3.63, 3.8) is 0 Å². The molecular formula is C24H25N3O4S. The third-order valence-electron chi connectivity index (χ3n) is 5.59. The van der Waals surface area contributed by atoms with Crippen LogP contribution in [0.4, 0.5) is 11.4 Å². The van der Waals surface area contributed by atoms with Gasteiger partial charge in [0.15, 0.2) is 0 Å². The van der Waals surface area contributed by atoms with Gasteiger partial charge in [-0.15, -0.1) is 0 Å². The molecule has 8 heteroatoms. The summed E-state index contributed by atoms with van der Waals surface area (Å²) in [6, 6.07) is 19.5. The lowest BCUT2D eigenvalue weighted by Gasteiger charge is -2.31. The number of rotatable bonds is 5. The summed E-state index contributed by atoms with van der Waals surface area (Å²) in [6.45, 7) is 1.96. The number of hydrogen-bond donors (Lipinski definition) is 2. The highest BCUT2D eigenvalue weighted by molar-refractivity contribution is 7.89. The molecule has 0 aliphatic carbocycles. The van der Waals surface area contributed by atoms with Gasteiger partial charge in [-0.2, -0.15) is 4.31 Å². The van der Waals surface area contributed by atoms with Gasteiger partial charge in [0.2, 0.25) is 21.8 Å². The summed E-state index contributed by atoms with van der Waals surface area (Å²) in [4.78, 5) is 24.2. The van der Waals surface area contributed by atoms with Crippen molar-refractivity contribution in [2.75, 3.05) is 23.7 Å². The zero-order valence-electron chi connectivity index (χ0n) is 17.7. The van der Waals surface area contributed by atoms with Crippen LogP contribution in [0.3, 0.4) is 0 Å². The minimum absolute atomic E-state index is 0.144. The number of sulfonamides is 1. The lowest BCUT2D eigenvalue weighted by molar-refractivity contribution is -0.121. The molecule has 7 nitrogen and oxygen atoms in total. The molecule has 0 unspecified atom stereocenters. The van der Waals surface area contributed by atoms with Gasteiger partial charge >= 0.3 is 0 Å². The molecule has 1 fully saturated rings. The Morgan fingerprint density at radius 1 is 0.906 bits per heavy atom. The molecule has 1 aliphatic rings. The first-order valence-electron chi connectivity index (χ1n) is 10.5. The van der Waals surface area contributed by atoms with E-state index in [0.29, 0.717) is 30.8 Å². The Balaban J connectivity index is 1.46. The largest absolute Gasteiger partial charge is 0.326 e. The van der Waals surface area contributed by atoms with Crippen LogP contribution in [-0.4, -0.2) is 37.6 Å². The molecule has 1 atom stereocenters. The SMILES string of the molecule is CC(=O)Nc1ccc(NC(=O)[C@H]2CCCN(S(=O)(=O)c3ccc4ccccc4c3)C2)cc1. The molecule has 2 N–H and O–H groups in total. The average Bonchev–Trinajstić information content (AvgIpc) is 2.79. The van der Waals surface area contributed by atoms with Gasteiger partial charge in [-0.05, 0) is 60.0 Å². The maximum absolute atomic E-state index is 13.2. The van der Waals surface area contributed by atoms with Crippen LogP contribution in [-0.2, 0) is 19.6 Å². The molecule has 0 bridgehead atoms. The second-order valence-corrected chi connectivity index (χ2v) is 9.90. The van der Waals surface area contributed by atoms with E-state index in [0.717, 1.165) is 10.8 Å². The Morgan fingerprint density at radius 2 is 1.56 bits per heavy atom. The fourth-order valence-corrected chi connectivity index (χ4v) is 5.50. The summed E-state index contributed by atoms with van der Waals surface area (Å²) >= 11 is 0. The van der Waals surface area contributed by atoms with Gasteiger partial charge in [0.25, 0.3) is 0 Å². The number of piperidine rings is 1. The van der Waals surface area contributed by atoms with E-state index < -0.39 is 15.9 Å². The Kier molecular flexibility index (Phi) is 6.25. The van der Waals surface area contributed by atoms with Crippen LogP contribution in [0.15, 0.2) is 71.6 Å². The van der Waals surface area contributed by atoms with Crippen LogP contribution in [0.1, 0.15) is 19.8 Å². The van der Waals surface area contributed by atoms with Crippen molar-refractivity contribution < 1.29 is 18.0 Å². The Bertz CT molecular complexity index is 1260. The standard InChI is InChI=1S/C24H25N3O4S/c1-17(28)25-21-9-11-22(12-10-21)26-24(29)20-7-4-14-27(16-20)32(30,31)23-13-8-18-5-2-3-6-19(18)15-23/h2-3,5-6,8-13,15,20H,4,7,14,16H2,1H3,(H,25,28)(H,26,29)/t20-/m0/s1. The lowest BCUT2D eigenvalue weighted by atomic mass is 9.98. The molecule has 2 amide bonds. The van der Waals surface area contributed by atoms with Crippen LogP contribution in [0, 0.1) is 5.92 Å². The van der Waals surface area contributed by atoms with Crippen LogP contribution in [0.25, 0.3) is 10.8 Å². The zero-order valence-corrected chi connectivity index (χ0v) is 18.6. The summed E-state index contributed by atoms with van der Waals surface area (Å²) in [5, 5.41) is 7.37. The molecule has 0 saturated carbocycles. The van der Waals surface area contributed by atoms with E-state index >= 15 is 0 Å². The van der Waals surface area contributed by atoms with Crippen LogP contribution >= 0.6 is 0 Å². The number of carbonyl (C=O) groups excluding carboxylic acids is 2. The third-order valence-corrected chi connectivity index (χ3v) is 7.45. The first kappa shape index (κ1) is 22.0. The summed E-state index contributed by atoms with van der Waals surface area (Å²) in [5.74, 6) is -0.818. The van der Waals surface area contributed by atoms with E-state index in [4.69, 9.17) is 0 Å². The maximum atomic E-state index is 13.2. The Morgan fingerprint density at radius 3 is 2.25 bits per heavy atom. The highest BCUT2D eigenvalue weighted by atomic mass is 32.2. The van der Waals surface area contributed by atoms with Gasteiger partial charge in [-0.3, -0.25) is 9.59 Å². The fraction of sp³-hybridized carbons (Fsp3) is 0.250. The van der Waals surface area contributed by atoms with Crippen molar-refractivity contribution in [1.82, 2.24) is 4.31 Å². The van der Waals surface area contributed by atoms with Crippen LogP contribution in [0.5, 0.6) is 0 Å². The molecule has 0 aromatic heterocycles. The Labute approximate surface area is 187 Å². The molecule has 1 heterocycles. The van der Waals surface area contributed by atoms with Gasteiger partial charge in [-0.1, -0.05) is 30.3 Å². The zero-order chi connectivity index (χ0) is 22.7. The van der Waals surface area contributed by atoms with Crippen molar-refractivity contribution in [3.8, 4) is 0 Å². The summed E-state index contributed by atoms with van der Waals surface area (Å²) < 4.78 is 27.9. The second kappa shape index (κ2) is 9.10. The minimum Gasteiger partial charge on any atom is -0.326 e. The van der Waals surface area contributed by atoms with Gasteiger partial charge in [0.1, 0.15) is 0 Å². The minimum atomic E-state index is -3.70. The number of nitrogens with one attached hydrogen (secondary N) is 2. The second-order valence-electron chi connectivity index (χ2n) is 7.96. The molecule has 3 aromatic carbocycles. The molecule has 1 aliphatic heterocycles. The van der Waals surface area contributed by atoms with E-state index in [2.05, 4.69) is 10.6 Å². The molecule has 3 aromatic rings. The number of anilines is 2. The third kappa shape index (κ3) is 4.81. The normalized spacial score (nSPS) is 17.1. The Hall–Kier alpha value is -3.23. The maximum Gasteiger partial charge on any atom is 0.243 e. The molecule has 1 saturated heterocycles. The molecule has 166 valence electrons. The van der Waals surface area contributed by atoms with E-state index in [9.17, 15) is 18.0 Å².